The number of anilines is 2. The van der Waals surface area contributed by atoms with Crippen molar-refractivity contribution in [3.8, 4) is 11.3 Å². The predicted molar refractivity (Wildman–Crippen MR) is 130 cm³/mol. The van der Waals surface area contributed by atoms with Crippen molar-refractivity contribution in [2.24, 2.45) is 0 Å². The van der Waals surface area contributed by atoms with Crippen LogP contribution in [0.25, 0.3) is 21.6 Å². The van der Waals surface area contributed by atoms with Gasteiger partial charge in [0.05, 0.1) is 24.5 Å². The minimum absolute atomic E-state index is 0.113. The van der Waals surface area contributed by atoms with Gasteiger partial charge in [-0.1, -0.05) is 11.3 Å². The van der Waals surface area contributed by atoms with Gasteiger partial charge >= 0.3 is 0 Å². The Morgan fingerprint density at radius 2 is 2.03 bits per heavy atom. The molecular formula is C23H25F2N7O2S. The lowest BCUT2D eigenvalue weighted by Gasteiger charge is -2.36. The molecule has 0 N–H and O–H groups in total. The first-order chi connectivity index (χ1) is 16.8. The predicted octanol–water partition coefficient (Wildman–Crippen LogP) is 3.86. The summed E-state index contributed by atoms with van der Waals surface area (Å²) in [5.41, 5.74) is 1.96. The highest BCUT2D eigenvalue weighted by Gasteiger charge is 2.30. The molecule has 2 atom stereocenters. The number of ether oxygens (including phenoxy) is 2. The fourth-order valence-corrected chi connectivity index (χ4v) is 4.98. The molecule has 0 amide bonds. The molecule has 0 bridgehead atoms. The number of halogens is 2. The molecule has 0 radical (unpaired) electrons. The second kappa shape index (κ2) is 9.44. The molecule has 35 heavy (non-hydrogen) atoms. The molecule has 5 rings (SSSR count). The minimum atomic E-state index is -0.686. The Morgan fingerprint density at radius 1 is 1.20 bits per heavy atom. The SMILES string of the molecule is COCn1cc([C@H]2CN(c3nc(-c4ccc(F)cc4F)c4sc(N(C)C)nc4n3)C[C@@H](C)O2)cn1. The van der Waals surface area contributed by atoms with Crippen molar-refractivity contribution in [1.82, 2.24) is 24.7 Å². The third-order valence-corrected chi connectivity index (χ3v) is 6.85. The molecule has 0 unspecified atom stereocenters. The van der Waals surface area contributed by atoms with Gasteiger partial charge in [0.15, 0.2) is 10.8 Å². The molecule has 9 nitrogen and oxygen atoms in total. The quantitative estimate of drug-likeness (QED) is 0.394. The lowest BCUT2D eigenvalue weighted by Crippen LogP contribution is -2.43. The highest BCUT2D eigenvalue weighted by Crippen LogP contribution is 2.37. The number of methoxy groups -OCH3 is 1. The Bertz CT molecular complexity index is 1360. The summed E-state index contributed by atoms with van der Waals surface area (Å²) in [4.78, 5) is 18.0. The molecule has 1 saturated heterocycles. The van der Waals surface area contributed by atoms with Gasteiger partial charge in [0.25, 0.3) is 0 Å². The number of hydrogen-bond donors (Lipinski definition) is 0. The highest BCUT2D eigenvalue weighted by atomic mass is 32.1. The first-order valence-corrected chi connectivity index (χ1v) is 11.9. The van der Waals surface area contributed by atoms with Crippen molar-refractivity contribution in [3.63, 3.8) is 0 Å². The molecule has 3 aromatic heterocycles. The van der Waals surface area contributed by atoms with Gasteiger partial charge in [-0.05, 0) is 19.1 Å². The lowest BCUT2D eigenvalue weighted by atomic mass is 10.1. The van der Waals surface area contributed by atoms with Crippen LogP contribution in [0.4, 0.5) is 19.9 Å². The summed E-state index contributed by atoms with van der Waals surface area (Å²) in [5.74, 6) is -0.917. The summed E-state index contributed by atoms with van der Waals surface area (Å²) in [6, 6.07) is 3.49. The van der Waals surface area contributed by atoms with E-state index in [4.69, 9.17) is 19.4 Å². The summed E-state index contributed by atoms with van der Waals surface area (Å²) < 4.78 is 42.1. The molecule has 0 aliphatic carbocycles. The van der Waals surface area contributed by atoms with Crippen molar-refractivity contribution < 1.29 is 18.3 Å². The van der Waals surface area contributed by atoms with E-state index in [9.17, 15) is 8.78 Å². The number of thiazole rings is 1. The van der Waals surface area contributed by atoms with Crippen LogP contribution in [-0.4, -0.2) is 65.1 Å². The van der Waals surface area contributed by atoms with Gasteiger partial charge in [0.1, 0.15) is 29.2 Å². The zero-order valence-corrected chi connectivity index (χ0v) is 20.6. The van der Waals surface area contributed by atoms with Crippen molar-refractivity contribution in [2.75, 3.05) is 44.1 Å². The molecule has 184 valence electrons. The molecule has 1 aliphatic heterocycles. The Hall–Kier alpha value is -3.22. The first-order valence-electron chi connectivity index (χ1n) is 11.1. The summed E-state index contributed by atoms with van der Waals surface area (Å²) in [5, 5.41) is 5.03. The number of fused-ring (bicyclic) bond motifs is 1. The van der Waals surface area contributed by atoms with Gasteiger partial charge in [-0.15, -0.1) is 0 Å². The van der Waals surface area contributed by atoms with Crippen LogP contribution in [0, 0.1) is 11.6 Å². The maximum Gasteiger partial charge on any atom is 0.228 e. The monoisotopic (exact) mass is 501 g/mol. The summed E-state index contributed by atoms with van der Waals surface area (Å²) in [6.45, 7) is 3.34. The van der Waals surface area contributed by atoms with Gasteiger partial charge in [0, 0.05) is 51.1 Å². The number of rotatable bonds is 6. The van der Waals surface area contributed by atoms with Gasteiger partial charge < -0.3 is 19.3 Å². The summed E-state index contributed by atoms with van der Waals surface area (Å²) >= 11 is 1.36. The number of nitrogens with zero attached hydrogens (tertiary/aromatic N) is 7. The summed E-state index contributed by atoms with van der Waals surface area (Å²) in [7, 11) is 5.36. The van der Waals surface area contributed by atoms with Crippen molar-refractivity contribution in [3.05, 3.63) is 47.8 Å². The number of hydrogen-bond acceptors (Lipinski definition) is 9. The topological polar surface area (TPSA) is 81.4 Å². The highest BCUT2D eigenvalue weighted by molar-refractivity contribution is 7.22. The molecule has 4 heterocycles. The third kappa shape index (κ3) is 4.68. The smallest absolute Gasteiger partial charge is 0.228 e. The molecule has 12 heteroatoms. The molecule has 1 aliphatic rings. The number of morpholine rings is 1. The number of aromatic nitrogens is 5. The second-order valence-electron chi connectivity index (χ2n) is 8.61. The van der Waals surface area contributed by atoms with Crippen LogP contribution in [-0.2, 0) is 16.2 Å². The maximum absolute atomic E-state index is 14.8. The van der Waals surface area contributed by atoms with Crippen LogP contribution in [0.2, 0.25) is 0 Å². The van der Waals surface area contributed by atoms with E-state index in [0.717, 1.165) is 11.6 Å². The third-order valence-electron chi connectivity index (χ3n) is 5.63. The van der Waals surface area contributed by atoms with E-state index >= 15 is 0 Å². The lowest BCUT2D eigenvalue weighted by molar-refractivity contribution is -0.0179. The van der Waals surface area contributed by atoms with E-state index < -0.39 is 11.6 Å². The van der Waals surface area contributed by atoms with E-state index in [1.165, 1.54) is 23.5 Å². The zero-order chi connectivity index (χ0) is 24.7. The summed E-state index contributed by atoms with van der Waals surface area (Å²) in [6.07, 6.45) is 3.27. The average molecular weight is 502 g/mol. The van der Waals surface area contributed by atoms with Gasteiger partial charge in [0.2, 0.25) is 5.95 Å². The van der Waals surface area contributed by atoms with E-state index in [1.807, 2.05) is 37.0 Å². The van der Waals surface area contributed by atoms with Gasteiger partial charge in [-0.3, -0.25) is 0 Å². The van der Waals surface area contributed by atoms with Crippen LogP contribution in [0.5, 0.6) is 0 Å². The van der Waals surface area contributed by atoms with Gasteiger partial charge in [-0.2, -0.15) is 15.1 Å². The Labute approximate surface area is 204 Å². The van der Waals surface area contributed by atoms with E-state index in [0.29, 0.717) is 46.9 Å². The molecule has 4 aromatic rings. The fourth-order valence-electron chi connectivity index (χ4n) is 4.05. The zero-order valence-electron chi connectivity index (χ0n) is 19.8. The van der Waals surface area contributed by atoms with E-state index in [2.05, 4.69) is 10.1 Å². The van der Waals surface area contributed by atoms with Crippen molar-refractivity contribution in [2.45, 2.75) is 25.9 Å². The van der Waals surface area contributed by atoms with Crippen molar-refractivity contribution >= 4 is 32.8 Å². The van der Waals surface area contributed by atoms with E-state index in [1.54, 1.807) is 18.0 Å². The van der Waals surface area contributed by atoms with Crippen LogP contribution < -0.4 is 9.80 Å². The average Bonchev–Trinajstić information content (AvgIpc) is 3.46. The van der Waals surface area contributed by atoms with Crippen molar-refractivity contribution in [1.29, 1.82) is 0 Å². The normalized spacial score (nSPS) is 18.4. The molecule has 0 spiro atoms. The molecule has 1 fully saturated rings. The van der Waals surface area contributed by atoms with Crippen LogP contribution >= 0.6 is 11.3 Å². The molecule has 0 saturated carbocycles. The van der Waals surface area contributed by atoms with Crippen LogP contribution in [0.1, 0.15) is 18.6 Å². The Morgan fingerprint density at radius 3 is 2.77 bits per heavy atom. The maximum atomic E-state index is 14.8. The van der Waals surface area contributed by atoms with Crippen LogP contribution in [0.15, 0.2) is 30.6 Å². The number of benzene rings is 1. The largest absolute Gasteiger partial charge is 0.367 e. The van der Waals surface area contributed by atoms with E-state index in [-0.39, 0.29) is 17.8 Å². The molecular weight excluding hydrogens is 476 g/mol. The Balaban J connectivity index is 1.57. The van der Waals surface area contributed by atoms with Gasteiger partial charge in [-0.25, -0.2) is 18.4 Å². The first kappa shape index (κ1) is 23.5. The minimum Gasteiger partial charge on any atom is -0.367 e. The fraction of sp³-hybridized carbons (Fsp3) is 0.391. The second-order valence-corrected chi connectivity index (χ2v) is 9.59. The molecule has 1 aromatic carbocycles. The van der Waals surface area contributed by atoms with Crippen LogP contribution in [0.3, 0.4) is 0 Å². The standard InChI is InChI=1S/C23H25F2N7O2S/c1-13-9-31(11-18(34-13)14-8-26-32(10-14)12-33-4)22-27-19(16-6-5-15(24)7-17(16)25)20-21(28-22)29-23(35-20)30(2)3/h5-8,10,13,18H,9,11-12H2,1-4H3/t13-,18-/m1/s1. The Kier molecular flexibility index (Phi) is 6.34.